The third-order valence-electron chi connectivity index (χ3n) is 6.57. The van der Waals surface area contributed by atoms with Gasteiger partial charge in [0.1, 0.15) is 11.8 Å². The first-order valence-electron chi connectivity index (χ1n) is 12.5. The van der Waals surface area contributed by atoms with E-state index < -0.39 is 6.04 Å². The third-order valence-corrected chi connectivity index (χ3v) is 7.28. The molecule has 0 aliphatic heterocycles. The van der Waals surface area contributed by atoms with Crippen molar-refractivity contribution >= 4 is 35.0 Å². The lowest BCUT2D eigenvalue weighted by Gasteiger charge is -2.32. The van der Waals surface area contributed by atoms with Gasteiger partial charge in [-0.25, -0.2) is 0 Å². The molecule has 0 bridgehead atoms. The minimum Gasteiger partial charge on any atom is -0.483 e. The van der Waals surface area contributed by atoms with Crippen molar-refractivity contribution in [1.29, 1.82) is 0 Å². The molecule has 3 aromatic carbocycles. The molecule has 0 aromatic heterocycles. The van der Waals surface area contributed by atoms with Gasteiger partial charge in [0, 0.05) is 34.6 Å². The van der Waals surface area contributed by atoms with E-state index in [-0.39, 0.29) is 31.0 Å². The number of rotatable bonds is 11. The minimum atomic E-state index is -0.793. The maximum Gasteiger partial charge on any atom is 0.261 e. The summed E-state index contributed by atoms with van der Waals surface area (Å²) >= 11 is 13.0. The third kappa shape index (κ3) is 7.73. The average Bonchev–Trinajstić information content (AvgIpc) is 2.88. The van der Waals surface area contributed by atoms with Crippen LogP contribution in [0.3, 0.4) is 0 Å². The van der Waals surface area contributed by atoms with Crippen LogP contribution in [0.2, 0.25) is 10.0 Å². The van der Waals surface area contributed by atoms with Crippen LogP contribution < -0.4 is 10.1 Å². The van der Waals surface area contributed by atoms with E-state index in [1.54, 1.807) is 18.2 Å². The molecule has 0 radical (unpaired) electrons. The largest absolute Gasteiger partial charge is 0.483 e. The zero-order valence-corrected chi connectivity index (χ0v) is 23.3. The second-order valence-corrected chi connectivity index (χ2v) is 10.0. The normalized spacial score (nSPS) is 12.5. The summed E-state index contributed by atoms with van der Waals surface area (Å²) in [5.41, 5.74) is 3.55. The van der Waals surface area contributed by atoms with Gasteiger partial charge in [0.15, 0.2) is 6.61 Å². The molecule has 0 aliphatic carbocycles. The Hall–Kier alpha value is -3.02. The van der Waals surface area contributed by atoms with Crippen molar-refractivity contribution in [2.24, 2.45) is 0 Å². The maximum atomic E-state index is 13.8. The van der Waals surface area contributed by atoms with Crippen molar-refractivity contribution in [1.82, 2.24) is 10.2 Å². The SMILES string of the molecule is CC[C@H](C)NC(=O)[C@@H](Cc1ccccc1)N(Cc1c(Cl)cccc1Cl)C(=O)COc1cccc(C)c1C. The van der Waals surface area contributed by atoms with Crippen LogP contribution in [-0.4, -0.2) is 35.4 Å². The molecule has 37 heavy (non-hydrogen) atoms. The first kappa shape index (κ1) is 28.5. The molecule has 0 heterocycles. The van der Waals surface area contributed by atoms with Crippen molar-refractivity contribution in [3.05, 3.63) is 99.0 Å². The van der Waals surface area contributed by atoms with Gasteiger partial charge < -0.3 is 15.0 Å². The van der Waals surface area contributed by atoms with Crippen molar-refractivity contribution in [2.75, 3.05) is 6.61 Å². The molecule has 0 aliphatic rings. The van der Waals surface area contributed by atoms with Gasteiger partial charge >= 0.3 is 0 Å². The molecule has 0 saturated heterocycles. The van der Waals surface area contributed by atoms with Crippen LogP contribution in [0.1, 0.15) is 42.5 Å². The number of nitrogens with zero attached hydrogens (tertiary/aromatic N) is 1. The summed E-state index contributed by atoms with van der Waals surface area (Å²) in [6.07, 6.45) is 1.10. The molecular formula is C30H34Cl2N2O3. The Morgan fingerprint density at radius 2 is 1.59 bits per heavy atom. The second-order valence-electron chi connectivity index (χ2n) is 9.23. The number of aryl methyl sites for hydroxylation is 1. The van der Waals surface area contributed by atoms with Gasteiger partial charge in [-0.15, -0.1) is 0 Å². The highest BCUT2D eigenvalue weighted by atomic mass is 35.5. The van der Waals surface area contributed by atoms with Gasteiger partial charge in [-0.05, 0) is 62.1 Å². The van der Waals surface area contributed by atoms with E-state index in [4.69, 9.17) is 27.9 Å². The van der Waals surface area contributed by atoms with Gasteiger partial charge in [-0.1, -0.05) is 78.7 Å². The smallest absolute Gasteiger partial charge is 0.261 e. The highest BCUT2D eigenvalue weighted by molar-refractivity contribution is 6.36. The number of nitrogens with one attached hydrogen (secondary N) is 1. The molecule has 1 N–H and O–H groups in total. The van der Waals surface area contributed by atoms with Crippen LogP contribution in [0.5, 0.6) is 5.75 Å². The van der Waals surface area contributed by atoms with Crippen LogP contribution >= 0.6 is 23.2 Å². The quantitative estimate of drug-likeness (QED) is 0.300. The number of hydrogen-bond donors (Lipinski definition) is 1. The predicted octanol–water partition coefficient (Wildman–Crippen LogP) is 6.54. The average molecular weight is 542 g/mol. The van der Waals surface area contributed by atoms with E-state index in [0.29, 0.717) is 27.8 Å². The summed E-state index contributed by atoms with van der Waals surface area (Å²) in [6, 6.07) is 19.7. The number of carbonyl (C=O) groups is 2. The number of amides is 2. The summed E-state index contributed by atoms with van der Waals surface area (Å²) < 4.78 is 5.95. The zero-order chi connectivity index (χ0) is 26.9. The molecule has 2 atom stereocenters. The lowest BCUT2D eigenvalue weighted by molar-refractivity contribution is -0.143. The van der Waals surface area contributed by atoms with Crippen molar-refractivity contribution in [2.45, 2.75) is 59.2 Å². The van der Waals surface area contributed by atoms with Gasteiger partial charge in [-0.2, -0.15) is 0 Å². The van der Waals surface area contributed by atoms with E-state index in [1.165, 1.54) is 4.90 Å². The van der Waals surface area contributed by atoms with Crippen molar-refractivity contribution in [3.8, 4) is 5.75 Å². The molecule has 3 aromatic rings. The monoisotopic (exact) mass is 540 g/mol. The Morgan fingerprint density at radius 1 is 0.946 bits per heavy atom. The summed E-state index contributed by atoms with van der Waals surface area (Å²) in [4.78, 5) is 28.9. The zero-order valence-electron chi connectivity index (χ0n) is 21.8. The lowest BCUT2D eigenvalue weighted by atomic mass is 10.0. The molecule has 0 spiro atoms. The van der Waals surface area contributed by atoms with Gasteiger partial charge in [0.2, 0.25) is 5.91 Å². The Balaban J connectivity index is 1.98. The lowest BCUT2D eigenvalue weighted by Crippen LogP contribution is -2.53. The van der Waals surface area contributed by atoms with Crippen LogP contribution in [0.25, 0.3) is 0 Å². The fraction of sp³-hybridized carbons (Fsp3) is 0.333. The number of carbonyl (C=O) groups excluding carboxylic acids is 2. The summed E-state index contributed by atoms with van der Waals surface area (Å²) in [5.74, 6) is 0.0614. The van der Waals surface area contributed by atoms with Crippen LogP contribution in [-0.2, 0) is 22.6 Å². The highest BCUT2D eigenvalue weighted by Crippen LogP contribution is 2.28. The standard InChI is InChI=1S/C30H34Cl2N2O3/c1-5-21(3)33-30(36)27(17-23-12-7-6-8-13-23)34(18-24-25(31)14-10-15-26(24)32)29(35)19-37-28-16-9-11-20(2)22(28)4/h6-16,21,27H,5,17-19H2,1-4H3,(H,33,36)/t21-,27+/m0/s1. The predicted molar refractivity (Wildman–Crippen MR) is 150 cm³/mol. The molecule has 2 amide bonds. The van der Waals surface area contributed by atoms with Crippen LogP contribution in [0, 0.1) is 13.8 Å². The first-order chi connectivity index (χ1) is 17.7. The highest BCUT2D eigenvalue weighted by Gasteiger charge is 2.32. The summed E-state index contributed by atoms with van der Waals surface area (Å²) in [7, 11) is 0. The number of ether oxygens (including phenoxy) is 1. The van der Waals surface area contributed by atoms with Crippen molar-refractivity contribution < 1.29 is 14.3 Å². The molecule has 0 fully saturated rings. The van der Waals surface area contributed by atoms with E-state index in [1.807, 2.05) is 76.2 Å². The Morgan fingerprint density at radius 3 is 2.24 bits per heavy atom. The number of hydrogen-bond acceptors (Lipinski definition) is 3. The second kappa shape index (κ2) is 13.5. The van der Waals surface area contributed by atoms with Crippen molar-refractivity contribution in [3.63, 3.8) is 0 Å². The summed E-state index contributed by atoms with van der Waals surface area (Å²) in [6.45, 7) is 7.73. The fourth-order valence-electron chi connectivity index (χ4n) is 3.95. The molecule has 7 heteroatoms. The molecule has 5 nitrogen and oxygen atoms in total. The molecule has 196 valence electrons. The summed E-state index contributed by atoms with van der Waals surface area (Å²) in [5, 5.41) is 3.91. The molecule has 0 saturated carbocycles. The number of halogens is 2. The molecule has 3 rings (SSSR count). The van der Waals surface area contributed by atoms with E-state index in [2.05, 4.69) is 5.32 Å². The van der Waals surface area contributed by atoms with Gasteiger partial charge in [0.25, 0.3) is 5.91 Å². The fourth-order valence-corrected chi connectivity index (χ4v) is 4.47. The molecular weight excluding hydrogens is 507 g/mol. The van der Waals surface area contributed by atoms with E-state index >= 15 is 0 Å². The number of benzene rings is 3. The minimum absolute atomic E-state index is 0.0437. The Kier molecular flexibility index (Phi) is 10.4. The first-order valence-corrected chi connectivity index (χ1v) is 13.2. The van der Waals surface area contributed by atoms with Crippen LogP contribution in [0.4, 0.5) is 0 Å². The molecule has 0 unspecified atom stereocenters. The maximum absolute atomic E-state index is 13.8. The van der Waals surface area contributed by atoms with E-state index in [0.717, 1.165) is 23.1 Å². The van der Waals surface area contributed by atoms with Crippen LogP contribution in [0.15, 0.2) is 66.7 Å². The topological polar surface area (TPSA) is 58.6 Å². The Bertz CT molecular complexity index is 1200. The van der Waals surface area contributed by atoms with Gasteiger partial charge in [0.05, 0.1) is 0 Å². The Labute approximate surface area is 229 Å². The van der Waals surface area contributed by atoms with E-state index in [9.17, 15) is 9.59 Å². The van der Waals surface area contributed by atoms with Gasteiger partial charge in [-0.3, -0.25) is 9.59 Å².